The summed E-state index contributed by atoms with van der Waals surface area (Å²) in [7, 11) is -3.77. The molecule has 6 nitrogen and oxygen atoms in total. The van der Waals surface area contributed by atoms with Gasteiger partial charge in [0.25, 0.3) is 0 Å². The number of aromatic nitrogens is 2. The van der Waals surface area contributed by atoms with Crippen molar-refractivity contribution >= 4 is 98.1 Å². The van der Waals surface area contributed by atoms with E-state index in [1.807, 2.05) is 38.1 Å². The predicted octanol–water partition coefficient (Wildman–Crippen LogP) is 13.3. The van der Waals surface area contributed by atoms with E-state index in [4.69, 9.17) is 4.74 Å². The molecule has 2 heterocycles. The lowest BCUT2D eigenvalue weighted by molar-refractivity contribution is -0.134. The first-order valence-corrected chi connectivity index (χ1v) is 29.9. The van der Waals surface area contributed by atoms with Gasteiger partial charge < -0.3 is 19.2 Å². The fraction of sp³-hybridized carbons (Fsp3) is 0.180. The third kappa shape index (κ3) is 9.73. The van der Waals surface area contributed by atoms with E-state index in [0.29, 0.717) is 18.6 Å². The number of para-hydroxylation sites is 4. The summed E-state index contributed by atoms with van der Waals surface area (Å²) in [6, 6.07) is 69.0. The minimum atomic E-state index is -1.90. The first-order valence-electron chi connectivity index (χ1n) is 23.9. The quantitative estimate of drug-likeness (QED) is 0.0754. The van der Waals surface area contributed by atoms with Gasteiger partial charge in [-0.15, -0.1) is 0 Å². The number of hydrogen-bond acceptors (Lipinski definition) is 3. The van der Waals surface area contributed by atoms with Crippen LogP contribution in [0.1, 0.15) is 47.0 Å². The van der Waals surface area contributed by atoms with Crippen LogP contribution in [0.4, 0.5) is 5.69 Å². The van der Waals surface area contributed by atoms with Crippen LogP contribution in [0.3, 0.4) is 0 Å². The van der Waals surface area contributed by atoms with Crippen LogP contribution >= 0.6 is 0 Å². The number of carbonyl (C=O) groups is 2. The second-order valence-electron chi connectivity index (χ2n) is 18.7. The van der Waals surface area contributed by atoms with Crippen LogP contribution in [0.25, 0.3) is 55.0 Å². The van der Waals surface area contributed by atoms with Gasteiger partial charge in [0.2, 0.25) is 5.91 Å². The normalized spacial score (nSPS) is 11.6. The van der Waals surface area contributed by atoms with Crippen LogP contribution in [0.2, 0.25) is 26.2 Å². The number of esters is 1. The molecule has 2 aromatic heterocycles. The molecule has 0 unspecified atom stereocenters. The number of carbonyl (C=O) groups excluding carboxylic acids is 2. The average molecular weight is 942 g/mol. The first kappa shape index (κ1) is 48.2. The van der Waals surface area contributed by atoms with Crippen LogP contribution in [-0.2, 0) is 9.59 Å². The van der Waals surface area contributed by atoms with E-state index in [9.17, 15) is 9.59 Å². The van der Waals surface area contributed by atoms with Gasteiger partial charge in [-0.05, 0) is 85.6 Å². The standard InChI is InChI=1S/C30H30N2OSi.C30H29NO2Si.CH4/c1-4-9-30(33)31-22-14-18-24(19-15-22)34(2,3)25-20-16-23(17-21-25)32-28-12-7-5-10-26(28)27-11-6-8-13-29(27)32;1-4-9-30(32)33-23-16-20-25(21-17-23)34(2,3)24-18-14-22(15-19-24)31-28-12-7-5-10-26(28)27-11-6-8-13-29(27)31;/h5-8,10-21H,4,9H2,1-3H3,(H,31,33);5-8,10-21H,4,9H2,1-3H3;1H4. The van der Waals surface area contributed by atoms with E-state index in [0.717, 1.165) is 18.5 Å². The van der Waals surface area contributed by atoms with Crippen LogP contribution in [0, 0.1) is 0 Å². The lowest BCUT2D eigenvalue weighted by atomic mass is 10.2. The molecule has 0 saturated carbocycles. The van der Waals surface area contributed by atoms with Gasteiger partial charge in [-0.25, -0.2) is 0 Å². The zero-order valence-electron chi connectivity index (χ0n) is 39.9. The third-order valence-electron chi connectivity index (χ3n) is 13.5. The fourth-order valence-corrected chi connectivity index (χ4v) is 14.2. The zero-order valence-corrected chi connectivity index (χ0v) is 41.9. The summed E-state index contributed by atoms with van der Waals surface area (Å²) in [5.74, 6) is 0.522. The third-order valence-corrected chi connectivity index (χ3v) is 20.6. The highest BCUT2D eigenvalue weighted by Crippen LogP contribution is 2.33. The van der Waals surface area contributed by atoms with Gasteiger partial charge in [-0.1, -0.05) is 190 Å². The Morgan fingerprint density at radius 3 is 1.10 bits per heavy atom. The maximum Gasteiger partial charge on any atom is 0.311 e. The molecular weight excluding hydrogens is 879 g/mol. The number of hydrogen-bond donors (Lipinski definition) is 1. The number of benzene rings is 8. The number of amides is 1. The molecule has 0 bridgehead atoms. The fourth-order valence-electron chi connectivity index (χ4n) is 9.54. The summed E-state index contributed by atoms with van der Waals surface area (Å²) in [6.07, 6.45) is 2.65. The largest absolute Gasteiger partial charge is 0.427 e. The molecule has 1 N–H and O–H groups in total. The molecule has 8 heteroatoms. The molecule has 69 heavy (non-hydrogen) atoms. The second-order valence-corrected chi connectivity index (χ2v) is 27.5. The second kappa shape index (κ2) is 20.5. The van der Waals surface area contributed by atoms with Crippen LogP contribution in [-0.4, -0.2) is 37.2 Å². The van der Waals surface area contributed by atoms with Crippen molar-refractivity contribution in [3.63, 3.8) is 0 Å². The van der Waals surface area contributed by atoms with Gasteiger partial charge >= 0.3 is 5.97 Å². The smallest absolute Gasteiger partial charge is 0.311 e. The minimum absolute atomic E-state index is 0. The molecule has 8 aromatic carbocycles. The Hall–Kier alpha value is -7.27. The van der Waals surface area contributed by atoms with Gasteiger partial charge in [-0.2, -0.15) is 0 Å². The van der Waals surface area contributed by atoms with E-state index in [2.05, 4.69) is 210 Å². The molecule has 0 radical (unpaired) electrons. The molecule has 10 rings (SSSR count). The topological polar surface area (TPSA) is 65.3 Å². The lowest BCUT2D eigenvalue weighted by Crippen LogP contribution is -2.52. The SMILES string of the molecule is C.CCCC(=O)Nc1ccc([Si](C)(C)c2ccc(-n3c4ccccc4c4ccccc43)cc2)cc1.CCCC(=O)Oc1ccc([Si](C)(C)c2ccc(-n3c4ccccc4c4ccccc43)cc2)cc1. The van der Waals surface area contributed by atoms with Crippen LogP contribution in [0.5, 0.6) is 5.75 Å². The maximum atomic E-state index is 11.9. The predicted molar refractivity (Wildman–Crippen MR) is 299 cm³/mol. The van der Waals surface area contributed by atoms with Crippen molar-refractivity contribution in [3.8, 4) is 17.1 Å². The van der Waals surface area contributed by atoms with Crippen LogP contribution in [0.15, 0.2) is 194 Å². The van der Waals surface area contributed by atoms with Crippen molar-refractivity contribution in [3.05, 3.63) is 194 Å². The summed E-state index contributed by atoms with van der Waals surface area (Å²) in [5.41, 5.74) is 8.13. The Labute approximate surface area is 409 Å². The van der Waals surface area contributed by atoms with E-state index >= 15 is 0 Å². The number of anilines is 1. The van der Waals surface area contributed by atoms with Crippen molar-refractivity contribution in [1.29, 1.82) is 0 Å². The highest BCUT2D eigenvalue weighted by Gasteiger charge is 2.28. The monoisotopic (exact) mass is 941 g/mol. The Morgan fingerprint density at radius 1 is 0.435 bits per heavy atom. The summed E-state index contributed by atoms with van der Waals surface area (Å²) >= 11 is 0. The highest BCUT2D eigenvalue weighted by molar-refractivity contribution is 7.01. The van der Waals surface area contributed by atoms with E-state index in [1.54, 1.807) is 0 Å². The Morgan fingerprint density at radius 2 is 0.754 bits per heavy atom. The average Bonchev–Trinajstić information content (AvgIpc) is 3.88. The first-order chi connectivity index (χ1) is 33.0. The number of fused-ring (bicyclic) bond motifs is 6. The number of nitrogens with one attached hydrogen (secondary N) is 1. The van der Waals surface area contributed by atoms with Crippen molar-refractivity contribution in [1.82, 2.24) is 9.13 Å². The van der Waals surface area contributed by atoms with Gasteiger partial charge in [-0.3, -0.25) is 9.59 Å². The summed E-state index contributed by atoms with van der Waals surface area (Å²) in [4.78, 5) is 23.7. The van der Waals surface area contributed by atoms with Crippen molar-refractivity contribution in [2.45, 2.75) is 73.1 Å². The molecule has 0 aliphatic carbocycles. The van der Waals surface area contributed by atoms with Gasteiger partial charge in [0.05, 0.1) is 22.1 Å². The van der Waals surface area contributed by atoms with Crippen LogP contribution < -0.4 is 30.8 Å². The highest BCUT2D eigenvalue weighted by atomic mass is 28.3. The minimum Gasteiger partial charge on any atom is -0.427 e. The number of nitrogens with zero attached hydrogens (tertiary/aromatic N) is 2. The molecule has 0 aliphatic heterocycles. The maximum absolute atomic E-state index is 11.9. The lowest BCUT2D eigenvalue weighted by Gasteiger charge is -2.24. The molecule has 348 valence electrons. The molecule has 1 amide bonds. The number of ether oxygens (including phenoxy) is 1. The zero-order chi connectivity index (χ0) is 47.4. The van der Waals surface area contributed by atoms with Crippen molar-refractivity contribution in [2.24, 2.45) is 0 Å². The molecule has 0 spiro atoms. The van der Waals surface area contributed by atoms with Gasteiger partial charge in [0.1, 0.15) is 21.9 Å². The Bertz CT molecular complexity index is 3050. The Balaban J connectivity index is 0.000000183. The van der Waals surface area contributed by atoms with Gasteiger partial charge in [0.15, 0.2) is 0 Å². The van der Waals surface area contributed by atoms with E-state index in [-0.39, 0.29) is 19.3 Å². The number of rotatable bonds is 12. The summed E-state index contributed by atoms with van der Waals surface area (Å²) < 4.78 is 10.1. The van der Waals surface area contributed by atoms with E-state index < -0.39 is 16.1 Å². The van der Waals surface area contributed by atoms with E-state index in [1.165, 1.54) is 75.7 Å². The summed E-state index contributed by atoms with van der Waals surface area (Å²) in [6.45, 7) is 13.5. The van der Waals surface area contributed by atoms with Crippen molar-refractivity contribution in [2.75, 3.05) is 5.32 Å². The molecule has 0 saturated heterocycles. The molecule has 10 aromatic rings. The molecule has 0 fully saturated rings. The summed E-state index contributed by atoms with van der Waals surface area (Å²) in [5, 5.41) is 13.5. The Kier molecular flexibility index (Phi) is 14.3. The van der Waals surface area contributed by atoms with Crippen molar-refractivity contribution < 1.29 is 14.3 Å². The molecular formula is C61H63N3O3Si2. The molecule has 0 atom stereocenters. The van der Waals surface area contributed by atoms with Gasteiger partial charge in [0, 0.05) is 51.4 Å². The molecule has 0 aliphatic rings.